The van der Waals surface area contributed by atoms with Crippen LogP contribution in [0.1, 0.15) is 4.11 Å². The summed E-state index contributed by atoms with van der Waals surface area (Å²) in [7, 11) is 0. The van der Waals surface area contributed by atoms with Crippen LogP contribution in [0.3, 0.4) is 0 Å². The SMILES string of the molecule is [2H]C([2H])(O)C(=O)[C@]([2H])(O)[C@H](O)[C@H](O)CO. The van der Waals surface area contributed by atoms with E-state index >= 15 is 0 Å². The van der Waals surface area contributed by atoms with Crippen molar-refractivity contribution >= 4 is 5.78 Å². The molecule has 3 atom stereocenters. The summed E-state index contributed by atoms with van der Waals surface area (Å²) in [5.41, 5.74) is 0. The first-order valence-electron chi connectivity index (χ1n) is 4.51. The Morgan fingerprint density at radius 2 is 1.92 bits per heavy atom. The molecule has 6 nitrogen and oxygen atoms in total. The van der Waals surface area contributed by atoms with Crippen LogP contribution in [0.15, 0.2) is 0 Å². The van der Waals surface area contributed by atoms with Crippen molar-refractivity contribution in [1.29, 1.82) is 0 Å². The summed E-state index contributed by atoms with van der Waals surface area (Å²) in [6, 6.07) is 0. The highest BCUT2D eigenvalue weighted by atomic mass is 16.4. The summed E-state index contributed by atoms with van der Waals surface area (Å²) < 4.78 is 20.0. The van der Waals surface area contributed by atoms with Gasteiger partial charge < -0.3 is 25.5 Å². The monoisotopic (exact) mass is 183 g/mol. The quantitative estimate of drug-likeness (QED) is 0.303. The van der Waals surface area contributed by atoms with Crippen LogP contribution >= 0.6 is 0 Å². The predicted octanol–water partition coefficient (Wildman–Crippen LogP) is -3.38. The molecule has 0 saturated carbocycles. The van der Waals surface area contributed by atoms with Gasteiger partial charge in [-0.15, -0.1) is 0 Å². The Bertz CT molecular complexity index is 238. The maximum atomic E-state index is 10.9. The third-order valence-corrected chi connectivity index (χ3v) is 1.17. The van der Waals surface area contributed by atoms with Gasteiger partial charge in [-0.3, -0.25) is 4.79 Å². The number of carbonyl (C=O) groups is 1. The lowest BCUT2D eigenvalue weighted by molar-refractivity contribution is -0.142. The van der Waals surface area contributed by atoms with Crippen molar-refractivity contribution in [2.24, 2.45) is 0 Å². The van der Waals surface area contributed by atoms with Crippen LogP contribution in [0.2, 0.25) is 0 Å². The van der Waals surface area contributed by atoms with E-state index in [0.717, 1.165) is 0 Å². The molecule has 12 heavy (non-hydrogen) atoms. The van der Waals surface area contributed by atoms with Gasteiger partial charge in [-0.25, -0.2) is 0 Å². The fraction of sp³-hybridized carbons (Fsp3) is 0.833. The molecule has 0 spiro atoms. The molecule has 6 heteroatoms. The van der Waals surface area contributed by atoms with Crippen molar-refractivity contribution in [2.45, 2.75) is 18.3 Å². The van der Waals surface area contributed by atoms with Gasteiger partial charge in [-0.2, -0.15) is 0 Å². The predicted molar refractivity (Wildman–Crippen MR) is 37.2 cm³/mol. The molecule has 0 radical (unpaired) electrons. The average Bonchev–Trinajstić information content (AvgIpc) is 2.12. The molecule has 0 aliphatic heterocycles. The van der Waals surface area contributed by atoms with Crippen LogP contribution < -0.4 is 0 Å². The van der Waals surface area contributed by atoms with Crippen molar-refractivity contribution in [3.8, 4) is 0 Å². The van der Waals surface area contributed by atoms with Crippen molar-refractivity contribution in [2.75, 3.05) is 13.2 Å². The van der Waals surface area contributed by atoms with Crippen molar-refractivity contribution < 1.29 is 34.4 Å². The highest BCUT2D eigenvalue weighted by Gasteiger charge is 2.28. The number of hydrogen-bond donors (Lipinski definition) is 5. The first-order valence-corrected chi connectivity index (χ1v) is 3.01. The van der Waals surface area contributed by atoms with Crippen molar-refractivity contribution in [3.63, 3.8) is 0 Å². The molecule has 0 aromatic carbocycles. The molecular formula is C6H12O6. The normalized spacial score (nSPS) is 25.9. The highest BCUT2D eigenvalue weighted by Crippen LogP contribution is 2.00. The van der Waals surface area contributed by atoms with Gasteiger partial charge in [0.15, 0.2) is 5.78 Å². The Morgan fingerprint density at radius 3 is 2.25 bits per heavy atom. The Balaban J connectivity index is 4.89. The molecule has 0 heterocycles. The van der Waals surface area contributed by atoms with E-state index in [4.69, 9.17) is 29.6 Å². The number of hydrogen-bond acceptors (Lipinski definition) is 6. The molecule has 0 aliphatic rings. The maximum Gasteiger partial charge on any atom is 0.189 e. The first kappa shape index (κ1) is 6.93. The van der Waals surface area contributed by atoms with Gasteiger partial charge in [-0.1, -0.05) is 0 Å². The lowest BCUT2D eigenvalue weighted by Gasteiger charge is -2.19. The zero-order valence-electron chi connectivity index (χ0n) is 9.01. The number of Topliss-reactive ketones (excluding diaryl/α,β-unsaturated/α-hetero) is 1. The molecule has 0 rings (SSSR count). The number of ketones is 1. The summed E-state index contributed by atoms with van der Waals surface area (Å²) in [5.74, 6) is -2.03. The molecular weight excluding hydrogens is 168 g/mol. The fourth-order valence-electron chi connectivity index (χ4n) is 0.474. The minimum Gasteiger partial charge on any atom is -0.394 e. The standard InChI is InChI=1S/C6H12O6/c7-1-3(9)5(11)6(12)4(10)2-8/h3,5-9,11-12H,1-2H2/t3-,5-,6+/m1/s1/i2D2,6D. The van der Waals surface area contributed by atoms with E-state index in [0.29, 0.717) is 0 Å². The summed E-state index contributed by atoms with van der Waals surface area (Å²) >= 11 is 0. The van der Waals surface area contributed by atoms with Crippen molar-refractivity contribution in [3.05, 3.63) is 0 Å². The Labute approximate surface area is 72.9 Å². The fourth-order valence-corrected chi connectivity index (χ4v) is 0.474. The zero-order valence-corrected chi connectivity index (χ0v) is 6.01. The smallest absolute Gasteiger partial charge is 0.189 e. The van der Waals surface area contributed by atoms with E-state index in [1.165, 1.54) is 0 Å². The van der Waals surface area contributed by atoms with Gasteiger partial charge in [-0.05, 0) is 0 Å². The third-order valence-electron chi connectivity index (χ3n) is 1.17. The molecule has 0 saturated heterocycles. The molecule has 5 N–H and O–H groups in total. The van der Waals surface area contributed by atoms with E-state index < -0.39 is 37.2 Å². The van der Waals surface area contributed by atoms with Gasteiger partial charge >= 0.3 is 0 Å². The van der Waals surface area contributed by atoms with E-state index in [2.05, 4.69) is 0 Å². The second-order valence-corrected chi connectivity index (χ2v) is 2.02. The van der Waals surface area contributed by atoms with Crippen LogP contribution in [-0.4, -0.2) is 62.8 Å². The molecule has 0 aliphatic carbocycles. The molecule has 0 aromatic heterocycles. The summed E-state index contributed by atoms with van der Waals surface area (Å²) in [6.07, 6.45) is -7.88. The topological polar surface area (TPSA) is 118 Å². The van der Waals surface area contributed by atoms with Gasteiger partial charge in [0, 0.05) is 0 Å². The van der Waals surface area contributed by atoms with Crippen LogP contribution in [0.25, 0.3) is 0 Å². The Hall–Kier alpha value is -0.530. The Kier molecular flexibility index (Phi) is 2.99. The van der Waals surface area contributed by atoms with Crippen molar-refractivity contribution in [1.82, 2.24) is 0 Å². The minimum atomic E-state index is -3.52. The van der Waals surface area contributed by atoms with Crippen LogP contribution in [0.5, 0.6) is 0 Å². The van der Waals surface area contributed by atoms with Crippen LogP contribution in [-0.2, 0) is 4.79 Å². The van der Waals surface area contributed by atoms with E-state index in [-0.39, 0.29) is 0 Å². The van der Waals surface area contributed by atoms with Gasteiger partial charge in [0.1, 0.15) is 24.8 Å². The number of aliphatic hydroxyl groups is 5. The molecule has 0 unspecified atom stereocenters. The third kappa shape index (κ3) is 2.84. The summed E-state index contributed by atoms with van der Waals surface area (Å²) in [6.45, 7) is -4.56. The lowest BCUT2D eigenvalue weighted by Crippen LogP contribution is -2.44. The summed E-state index contributed by atoms with van der Waals surface area (Å²) in [5, 5.41) is 43.9. The maximum absolute atomic E-state index is 10.9. The second-order valence-electron chi connectivity index (χ2n) is 2.02. The molecule has 0 amide bonds. The number of aliphatic hydroxyl groups excluding tert-OH is 3. The second kappa shape index (κ2) is 5.18. The number of rotatable bonds is 5. The number of carbonyl (C=O) groups excluding carboxylic acids is 1. The van der Waals surface area contributed by atoms with E-state index in [1.807, 2.05) is 0 Å². The Morgan fingerprint density at radius 1 is 1.42 bits per heavy atom. The van der Waals surface area contributed by atoms with Crippen LogP contribution in [0.4, 0.5) is 0 Å². The largest absolute Gasteiger partial charge is 0.394 e. The van der Waals surface area contributed by atoms with Crippen LogP contribution in [0, 0.1) is 0 Å². The highest BCUT2D eigenvalue weighted by molar-refractivity contribution is 5.84. The van der Waals surface area contributed by atoms with E-state index in [1.54, 1.807) is 0 Å². The minimum absolute atomic E-state index is 1.04. The summed E-state index contributed by atoms with van der Waals surface area (Å²) in [4.78, 5) is 10.9. The zero-order chi connectivity index (χ0) is 12.4. The van der Waals surface area contributed by atoms with E-state index in [9.17, 15) is 4.79 Å². The molecule has 72 valence electrons. The molecule has 0 fully saturated rings. The molecule has 0 aromatic rings. The van der Waals surface area contributed by atoms with Gasteiger partial charge in [0.05, 0.1) is 10.7 Å². The lowest BCUT2D eigenvalue weighted by atomic mass is 10.1. The average molecular weight is 183 g/mol. The van der Waals surface area contributed by atoms with Gasteiger partial charge in [0.2, 0.25) is 0 Å². The van der Waals surface area contributed by atoms with Gasteiger partial charge in [0.25, 0.3) is 0 Å². The first-order chi connectivity index (χ1) is 6.55. The molecule has 0 bridgehead atoms.